The molecule has 0 amide bonds. The van der Waals surface area contributed by atoms with Crippen molar-refractivity contribution < 1.29 is 0 Å². The van der Waals surface area contributed by atoms with Gasteiger partial charge in [-0.2, -0.15) is 0 Å². The largest absolute Gasteiger partial charge is 0.0619 e. The SMILES string of the molecule is Brc1ccc2c3c1ccc1ccc4c(Br)ccc(c4c13)C2c1cccc2c1Cc1ccccc1-2. The van der Waals surface area contributed by atoms with Crippen molar-refractivity contribution in [2.75, 3.05) is 0 Å². The zero-order valence-electron chi connectivity index (χ0n) is 18.2. The van der Waals surface area contributed by atoms with Crippen LogP contribution < -0.4 is 0 Å². The first-order valence-electron chi connectivity index (χ1n) is 11.7. The second kappa shape index (κ2) is 6.81. The van der Waals surface area contributed by atoms with Gasteiger partial charge in [0, 0.05) is 14.9 Å². The van der Waals surface area contributed by atoms with Crippen LogP contribution >= 0.6 is 31.9 Å². The maximum atomic E-state index is 3.85. The second-order valence-electron chi connectivity index (χ2n) is 9.49. The highest BCUT2D eigenvalue weighted by molar-refractivity contribution is 9.11. The minimum Gasteiger partial charge on any atom is -0.0619 e. The molecule has 0 saturated carbocycles. The van der Waals surface area contributed by atoms with Gasteiger partial charge in [0.25, 0.3) is 0 Å². The van der Waals surface area contributed by atoms with Gasteiger partial charge in [0.05, 0.1) is 0 Å². The summed E-state index contributed by atoms with van der Waals surface area (Å²) in [4.78, 5) is 0. The van der Waals surface area contributed by atoms with Gasteiger partial charge in [-0.05, 0) is 89.8 Å². The predicted octanol–water partition coefficient (Wildman–Crippen LogP) is 9.74. The molecule has 0 fully saturated rings. The number of rotatable bonds is 1. The molecule has 0 unspecified atom stereocenters. The molecular formula is C32H18Br2. The molecule has 0 radical (unpaired) electrons. The lowest BCUT2D eigenvalue weighted by Crippen LogP contribution is -2.11. The average Bonchev–Trinajstić information content (AvgIpc) is 3.25. The fourth-order valence-electron chi connectivity index (χ4n) is 6.52. The Labute approximate surface area is 214 Å². The highest BCUT2D eigenvalue weighted by atomic mass is 79.9. The van der Waals surface area contributed by atoms with Gasteiger partial charge in [-0.3, -0.25) is 0 Å². The third-order valence-electron chi connectivity index (χ3n) is 7.92. The highest BCUT2D eigenvalue weighted by Crippen LogP contribution is 2.52. The van der Waals surface area contributed by atoms with Crippen molar-refractivity contribution in [2.24, 2.45) is 0 Å². The molecule has 160 valence electrons. The van der Waals surface area contributed by atoms with Crippen LogP contribution in [0, 0.1) is 0 Å². The van der Waals surface area contributed by atoms with E-state index in [1.807, 2.05) is 0 Å². The van der Waals surface area contributed by atoms with Crippen molar-refractivity contribution in [1.29, 1.82) is 0 Å². The average molecular weight is 562 g/mol. The van der Waals surface area contributed by atoms with E-state index in [-0.39, 0.29) is 5.92 Å². The smallest absolute Gasteiger partial charge is 0.0355 e. The fraction of sp³-hybridized carbons (Fsp3) is 0.0625. The fourth-order valence-corrected chi connectivity index (χ4v) is 7.45. The van der Waals surface area contributed by atoms with Gasteiger partial charge in [0.15, 0.2) is 0 Å². The van der Waals surface area contributed by atoms with Crippen LogP contribution in [0.3, 0.4) is 0 Å². The van der Waals surface area contributed by atoms with Crippen LogP contribution in [0.5, 0.6) is 0 Å². The van der Waals surface area contributed by atoms with Crippen LogP contribution in [-0.2, 0) is 6.42 Å². The van der Waals surface area contributed by atoms with E-state index in [9.17, 15) is 0 Å². The van der Waals surface area contributed by atoms with Crippen molar-refractivity contribution in [2.45, 2.75) is 12.3 Å². The lowest BCUT2D eigenvalue weighted by molar-refractivity contribution is 0.972. The third-order valence-corrected chi connectivity index (χ3v) is 9.30. The van der Waals surface area contributed by atoms with Crippen LogP contribution in [0.4, 0.5) is 0 Å². The summed E-state index contributed by atoms with van der Waals surface area (Å²) in [5.41, 5.74) is 9.96. The molecule has 0 atom stereocenters. The maximum absolute atomic E-state index is 3.85. The number of halogens is 2. The van der Waals surface area contributed by atoms with Gasteiger partial charge in [0.1, 0.15) is 0 Å². The first-order valence-corrected chi connectivity index (χ1v) is 13.3. The monoisotopic (exact) mass is 560 g/mol. The minimum atomic E-state index is 0.205. The Morgan fingerprint density at radius 2 is 1.18 bits per heavy atom. The number of hydrogen-bond acceptors (Lipinski definition) is 0. The standard InChI is InChI=1S/C32H18Br2/c33-27-14-12-24-30(21-7-3-6-20-19-5-2-1-4-18(19)16-26(20)21)25-13-15-28(34)23-11-9-17-8-10-22(27)31(24)29(17)32(23)25/h1-15,30H,16H2. The van der Waals surface area contributed by atoms with E-state index >= 15 is 0 Å². The number of fused-ring (bicyclic) bond motifs is 3. The lowest BCUT2D eigenvalue weighted by atomic mass is 9.73. The summed E-state index contributed by atoms with van der Waals surface area (Å²) >= 11 is 7.70. The zero-order chi connectivity index (χ0) is 22.6. The maximum Gasteiger partial charge on any atom is 0.0355 e. The van der Waals surface area contributed by atoms with E-state index in [1.54, 1.807) is 0 Å². The molecule has 2 heteroatoms. The van der Waals surface area contributed by atoms with Crippen LogP contribution in [0.1, 0.15) is 33.7 Å². The number of benzene rings is 6. The summed E-state index contributed by atoms with van der Waals surface area (Å²) in [6.07, 6.45) is 1.00. The van der Waals surface area contributed by atoms with E-state index < -0.39 is 0 Å². The summed E-state index contributed by atoms with van der Waals surface area (Å²) in [7, 11) is 0. The Morgan fingerprint density at radius 3 is 1.88 bits per heavy atom. The van der Waals surface area contributed by atoms with Gasteiger partial charge in [-0.25, -0.2) is 0 Å². The van der Waals surface area contributed by atoms with Gasteiger partial charge in [0.2, 0.25) is 0 Å². The molecule has 0 N–H and O–H groups in total. The Bertz CT molecular complexity index is 1780. The lowest BCUT2D eigenvalue weighted by Gasteiger charge is -2.30. The molecule has 0 heterocycles. The van der Waals surface area contributed by atoms with E-state index in [4.69, 9.17) is 0 Å². The van der Waals surface area contributed by atoms with Crippen LogP contribution in [0.2, 0.25) is 0 Å². The molecular weight excluding hydrogens is 544 g/mol. The summed E-state index contributed by atoms with van der Waals surface area (Å²) < 4.78 is 2.32. The quantitative estimate of drug-likeness (QED) is 0.175. The minimum absolute atomic E-state index is 0.205. The van der Waals surface area contributed by atoms with Gasteiger partial charge < -0.3 is 0 Å². The summed E-state index contributed by atoms with van der Waals surface area (Å²) in [5, 5.41) is 8.06. The van der Waals surface area contributed by atoms with Crippen LogP contribution in [0.25, 0.3) is 43.4 Å². The Morgan fingerprint density at radius 1 is 0.529 bits per heavy atom. The van der Waals surface area contributed by atoms with E-state index in [0.29, 0.717) is 0 Å². The second-order valence-corrected chi connectivity index (χ2v) is 11.2. The van der Waals surface area contributed by atoms with Crippen molar-refractivity contribution in [3.63, 3.8) is 0 Å². The third kappa shape index (κ3) is 2.38. The highest BCUT2D eigenvalue weighted by Gasteiger charge is 2.32. The first-order chi connectivity index (χ1) is 16.7. The van der Waals surface area contributed by atoms with Crippen LogP contribution in [-0.4, -0.2) is 0 Å². The molecule has 6 aromatic rings. The molecule has 2 aliphatic carbocycles. The molecule has 8 rings (SSSR count). The molecule has 2 aliphatic rings. The van der Waals surface area contributed by atoms with E-state index in [1.165, 1.54) is 71.3 Å². The summed E-state index contributed by atoms with van der Waals surface area (Å²) in [6.45, 7) is 0. The van der Waals surface area contributed by atoms with Crippen molar-refractivity contribution in [1.82, 2.24) is 0 Å². The van der Waals surface area contributed by atoms with Gasteiger partial charge >= 0.3 is 0 Å². The van der Waals surface area contributed by atoms with Crippen molar-refractivity contribution in [3.05, 3.63) is 128 Å². The molecule has 0 bridgehead atoms. The molecule has 6 aromatic carbocycles. The van der Waals surface area contributed by atoms with Crippen LogP contribution in [0.15, 0.2) is 99.9 Å². The molecule has 0 aliphatic heterocycles. The van der Waals surface area contributed by atoms with E-state index in [2.05, 4.69) is 123 Å². The molecule has 0 spiro atoms. The predicted molar refractivity (Wildman–Crippen MR) is 150 cm³/mol. The van der Waals surface area contributed by atoms with Gasteiger partial charge in [-0.1, -0.05) is 111 Å². The van der Waals surface area contributed by atoms with Gasteiger partial charge in [-0.15, -0.1) is 0 Å². The first kappa shape index (κ1) is 19.4. The molecule has 34 heavy (non-hydrogen) atoms. The molecule has 0 nitrogen and oxygen atoms in total. The summed E-state index contributed by atoms with van der Waals surface area (Å²) in [5.74, 6) is 0.205. The van der Waals surface area contributed by atoms with Crippen molar-refractivity contribution >= 4 is 64.2 Å². The molecule has 0 saturated heterocycles. The summed E-state index contributed by atoms with van der Waals surface area (Å²) in [6, 6.07) is 34.1. The normalized spacial score (nSPS) is 13.9. The number of hydrogen-bond donors (Lipinski definition) is 0. The Balaban J connectivity index is 1.55. The Hall–Kier alpha value is -2.94. The van der Waals surface area contributed by atoms with E-state index in [0.717, 1.165) is 15.4 Å². The van der Waals surface area contributed by atoms with Crippen molar-refractivity contribution in [3.8, 4) is 11.1 Å². The Kier molecular flexibility index (Phi) is 3.88. The molecule has 0 aromatic heterocycles. The zero-order valence-corrected chi connectivity index (χ0v) is 21.4. The topological polar surface area (TPSA) is 0 Å².